The van der Waals surface area contributed by atoms with Crippen LogP contribution in [0.5, 0.6) is 11.5 Å². The Balaban J connectivity index is 2.02. The Labute approximate surface area is 145 Å². The lowest BCUT2D eigenvalue weighted by molar-refractivity contribution is 0.0955. The van der Waals surface area contributed by atoms with Gasteiger partial charge in [0, 0.05) is 10.6 Å². The molecule has 0 fully saturated rings. The second-order valence-electron chi connectivity index (χ2n) is 4.61. The molecule has 5 nitrogen and oxygen atoms in total. The van der Waals surface area contributed by atoms with E-state index >= 15 is 0 Å². The molecule has 1 N–H and O–H groups in total. The van der Waals surface area contributed by atoms with Crippen LogP contribution in [0.1, 0.15) is 15.9 Å². The summed E-state index contributed by atoms with van der Waals surface area (Å²) in [5, 5.41) is 4.49. The van der Waals surface area contributed by atoms with Crippen molar-refractivity contribution in [3.63, 3.8) is 0 Å². The molecule has 2 aromatic carbocycles. The van der Waals surface area contributed by atoms with Crippen LogP contribution in [-0.4, -0.2) is 25.8 Å². The molecule has 0 atom stereocenters. The predicted molar refractivity (Wildman–Crippen MR) is 93.8 cm³/mol. The number of benzene rings is 2. The van der Waals surface area contributed by atoms with Crippen LogP contribution in [0.15, 0.2) is 47.6 Å². The van der Waals surface area contributed by atoms with Crippen molar-refractivity contribution in [2.24, 2.45) is 5.10 Å². The number of carbonyl (C=O) groups is 1. The van der Waals surface area contributed by atoms with Gasteiger partial charge in [-0.25, -0.2) is 5.43 Å². The number of hydrogen-bond acceptors (Lipinski definition) is 4. The SMILES string of the molecule is C#CCOc1ccc(/C=N\NC(=O)c2ccc(Cl)cc2)cc1OC. The molecule has 0 radical (unpaired) electrons. The second-order valence-corrected chi connectivity index (χ2v) is 5.05. The Hall–Kier alpha value is -2.97. The van der Waals surface area contributed by atoms with Crippen molar-refractivity contribution in [3.8, 4) is 23.8 Å². The summed E-state index contributed by atoms with van der Waals surface area (Å²) >= 11 is 5.78. The molecule has 0 saturated carbocycles. The van der Waals surface area contributed by atoms with Crippen LogP contribution in [0.3, 0.4) is 0 Å². The van der Waals surface area contributed by atoms with E-state index in [0.717, 1.165) is 5.56 Å². The maximum Gasteiger partial charge on any atom is 0.271 e. The zero-order chi connectivity index (χ0) is 17.4. The fourth-order valence-electron chi connectivity index (χ4n) is 1.83. The Kier molecular flexibility index (Phi) is 6.23. The van der Waals surface area contributed by atoms with Gasteiger partial charge in [-0.2, -0.15) is 5.10 Å². The number of nitrogens with zero attached hydrogens (tertiary/aromatic N) is 1. The molecule has 0 unspecified atom stereocenters. The molecule has 0 aliphatic carbocycles. The van der Waals surface area contributed by atoms with Crippen molar-refractivity contribution in [1.82, 2.24) is 5.43 Å². The number of rotatable bonds is 6. The van der Waals surface area contributed by atoms with Gasteiger partial charge in [-0.05, 0) is 48.0 Å². The zero-order valence-corrected chi connectivity index (χ0v) is 13.7. The minimum Gasteiger partial charge on any atom is -0.493 e. The van der Waals surface area contributed by atoms with E-state index < -0.39 is 0 Å². The van der Waals surface area contributed by atoms with E-state index in [9.17, 15) is 4.79 Å². The van der Waals surface area contributed by atoms with Crippen LogP contribution < -0.4 is 14.9 Å². The Morgan fingerprint density at radius 1 is 1.29 bits per heavy atom. The highest BCUT2D eigenvalue weighted by molar-refractivity contribution is 6.30. The number of terminal acetylenes is 1. The van der Waals surface area contributed by atoms with Gasteiger partial charge in [0.15, 0.2) is 11.5 Å². The first-order valence-corrected chi connectivity index (χ1v) is 7.35. The molecule has 1 amide bonds. The molecule has 0 saturated heterocycles. The van der Waals surface area contributed by atoms with Crippen LogP contribution in [0.4, 0.5) is 0 Å². The number of nitrogens with one attached hydrogen (secondary N) is 1. The highest BCUT2D eigenvalue weighted by atomic mass is 35.5. The van der Waals surface area contributed by atoms with E-state index in [2.05, 4.69) is 16.4 Å². The number of amides is 1. The Morgan fingerprint density at radius 2 is 2.04 bits per heavy atom. The molecule has 0 spiro atoms. The lowest BCUT2D eigenvalue weighted by Gasteiger charge is -2.09. The fourth-order valence-corrected chi connectivity index (χ4v) is 1.96. The number of methoxy groups -OCH3 is 1. The van der Waals surface area contributed by atoms with Crippen LogP contribution in [0.2, 0.25) is 5.02 Å². The van der Waals surface area contributed by atoms with E-state index in [0.29, 0.717) is 22.1 Å². The van der Waals surface area contributed by atoms with Gasteiger partial charge in [0.2, 0.25) is 0 Å². The van der Waals surface area contributed by atoms with Gasteiger partial charge >= 0.3 is 0 Å². The summed E-state index contributed by atoms with van der Waals surface area (Å²) in [6.07, 6.45) is 6.66. The van der Waals surface area contributed by atoms with Gasteiger partial charge in [0.25, 0.3) is 5.91 Å². The largest absolute Gasteiger partial charge is 0.493 e. The van der Waals surface area contributed by atoms with Gasteiger partial charge in [-0.15, -0.1) is 6.42 Å². The molecular formula is C18H15ClN2O3. The average Bonchev–Trinajstić information content (AvgIpc) is 2.60. The molecule has 0 aliphatic rings. The van der Waals surface area contributed by atoms with Crippen molar-refractivity contribution in [1.29, 1.82) is 0 Å². The van der Waals surface area contributed by atoms with Gasteiger partial charge in [0.05, 0.1) is 13.3 Å². The molecule has 2 aromatic rings. The Morgan fingerprint density at radius 3 is 2.71 bits per heavy atom. The maximum absolute atomic E-state index is 11.9. The maximum atomic E-state index is 11.9. The third-order valence-corrected chi connectivity index (χ3v) is 3.24. The number of hydrogen-bond donors (Lipinski definition) is 1. The van der Waals surface area contributed by atoms with Crippen molar-refractivity contribution < 1.29 is 14.3 Å². The first kappa shape index (κ1) is 17.4. The highest BCUT2D eigenvalue weighted by Gasteiger charge is 2.05. The summed E-state index contributed by atoms with van der Waals surface area (Å²) in [4.78, 5) is 11.9. The lowest BCUT2D eigenvalue weighted by atomic mass is 10.2. The summed E-state index contributed by atoms with van der Waals surface area (Å²) < 4.78 is 10.6. The van der Waals surface area contributed by atoms with E-state index in [1.807, 2.05) is 0 Å². The monoisotopic (exact) mass is 342 g/mol. The molecule has 0 aliphatic heterocycles. The number of hydrazone groups is 1. The Bertz CT molecular complexity index is 780. The van der Waals surface area contributed by atoms with Crippen molar-refractivity contribution in [3.05, 3.63) is 58.6 Å². The molecule has 2 rings (SSSR count). The lowest BCUT2D eigenvalue weighted by Crippen LogP contribution is -2.17. The van der Waals surface area contributed by atoms with Crippen LogP contribution in [-0.2, 0) is 0 Å². The van der Waals surface area contributed by atoms with Gasteiger partial charge < -0.3 is 9.47 Å². The van der Waals surface area contributed by atoms with E-state index in [-0.39, 0.29) is 12.5 Å². The van der Waals surface area contributed by atoms with Crippen LogP contribution in [0, 0.1) is 12.3 Å². The minimum absolute atomic E-state index is 0.154. The number of halogens is 1. The quantitative estimate of drug-likeness (QED) is 0.498. The summed E-state index contributed by atoms with van der Waals surface area (Å²) in [7, 11) is 1.53. The average molecular weight is 343 g/mol. The van der Waals surface area contributed by atoms with Gasteiger partial charge in [-0.1, -0.05) is 17.5 Å². The topological polar surface area (TPSA) is 59.9 Å². The summed E-state index contributed by atoms with van der Waals surface area (Å²) in [6.45, 7) is 0.154. The van der Waals surface area contributed by atoms with E-state index in [1.54, 1.807) is 42.5 Å². The zero-order valence-electron chi connectivity index (χ0n) is 13.0. The third-order valence-electron chi connectivity index (χ3n) is 2.98. The first-order valence-electron chi connectivity index (χ1n) is 6.97. The van der Waals surface area contributed by atoms with E-state index in [4.69, 9.17) is 27.5 Å². The van der Waals surface area contributed by atoms with Crippen molar-refractivity contribution in [2.75, 3.05) is 13.7 Å². The number of ether oxygens (including phenoxy) is 2. The molecule has 6 heteroatoms. The molecule has 24 heavy (non-hydrogen) atoms. The number of carbonyl (C=O) groups excluding carboxylic acids is 1. The second kappa shape index (κ2) is 8.61. The predicted octanol–water partition coefficient (Wildman–Crippen LogP) is 3.12. The first-order chi connectivity index (χ1) is 11.6. The highest BCUT2D eigenvalue weighted by Crippen LogP contribution is 2.27. The standard InChI is InChI=1S/C18H15ClN2O3/c1-3-10-24-16-9-4-13(11-17(16)23-2)12-20-21-18(22)14-5-7-15(19)8-6-14/h1,4-9,11-12H,10H2,2H3,(H,21,22)/b20-12-. The van der Waals surface area contributed by atoms with Gasteiger partial charge in [-0.3, -0.25) is 4.79 Å². The third kappa shape index (κ3) is 4.77. The van der Waals surface area contributed by atoms with Gasteiger partial charge in [0.1, 0.15) is 6.61 Å². The van der Waals surface area contributed by atoms with Crippen molar-refractivity contribution >= 4 is 23.7 Å². The summed E-state index contributed by atoms with van der Waals surface area (Å²) in [6, 6.07) is 11.7. The smallest absolute Gasteiger partial charge is 0.271 e. The summed E-state index contributed by atoms with van der Waals surface area (Å²) in [5.74, 6) is 3.12. The molecule has 122 valence electrons. The molecular weight excluding hydrogens is 328 g/mol. The molecule has 0 bridgehead atoms. The van der Waals surface area contributed by atoms with E-state index in [1.165, 1.54) is 13.3 Å². The minimum atomic E-state index is -0.330. The van der Waals surface area contributed by atoms with Crippen LogP contribution >= 0.6 is 11.6 Å². The van der Waals surface area contributed by atoms with Crippen molar-refractivity contribution in [2.45, 2.75) is 0 Å². The molecule has 0 heterocycles. The normalized spacial score (nSPS) is 10.2. The molecule has 0 aromatic heterocycles. The summed E-state index contributed by atoms with van der Waals surface area (Å²) in [5.41, 5.74) is 3.64. The fraction of sp³-hybridized carbons (Fsp3) is 0.111. The van der Waals surface area contributed by atoms with Crippen LogP contribution in [0.25, 0.3) is 0 Å².